The van der Waals surface area contributed by atoms with Crippen LogP contribution in [0.5, 0.6) is 5.75 Å². The summed E-state index contributed by atoms with van der Waals surface area (Å²) in [6.45, 7) is 0. The number of carbonyl (C=O) groups excluding carboxylic acids is 1. The minimum atomic E-state index is -0.762. The number of hydrazine groups is 1. The highest BCUT2D eigenvalue weighted by molar-refractivity contribution is 5.88. The van der Waals surface area contributed by atoms with E-state index in [9.17, 15) is 4.79 Å². The fourth-order valence-electron chi connectivity index (χ4n) is 1.80. The van der Waals surface area contributed by atoms with Gasteiger partial charge in [0.2, 0.25) is 0 Å². The van der Waals surface area contributed by atoms with Crippen LogP contribution in [0.1, 0.15) is 11.6 Å². The molecule has 1 atom stereocenters. The van der Waals surface area contributed by atoms with Crippen LogP contribution in [-0.2, 0) is 4.79 Å². The lowest BCUT2D eigenvalue weighted by molar-refractivity contribution is -0.122. The number of amides is 1. The van der Waals surface area contributed by atoms with Gasteiger partial charge in [0.15, 0.2) is 0 Å². The molecular weight excluding hydrogens is 230 g/mol. The summed E-state index contributed by atoms with van der Waals surface area (Å²) in [6.07, 6.45) is 0. The van der Waals surface area contributed by atoms with Gasteiger partial charge in [-0.05, 0) is 34.5 Å². The number of nitrogens with two attached hydrogens (primary N) is 2. The van der Waals surface area contributed by atoms with Crippen LogP contribution in [0.3, 0.4) is 0 Å². The monoisotopic (exact) mass is 245 g/mol. The molecule has 1 unspecified atom stereocenters. The Hall–Kier alpha value is -2.11. The van der Waals surface area contributed by atoms with Gasteiger partial charge in [0.05, 0.1) is 7.11 Å². The third-order valence-electron chi connectivity index (χ3n) is 2.86. The van der Waals surface area contributed by atoms with E-state index in [0.717, 1.165) is 22.1 Å². The van der Waals surface area contributed by atoms with E-state index in [1.54, 1.807) is 7.11 Å². The second-order valence-corrected chi connectivity index (χ2v) is 3.96. The Morgan fingerprint density at radius 3 is 2.56 bits per heavy atom. The molecule has 2 rings (SSSR count). The first-order valence-corrected chi connectivity index (χ1v) is 5.49. The molecule has 18 heavy (non-hydrogen) atoms. The van der Waals surface area contributed by atoms with Crippen molar-refractivity contribution < 1.29 is 9.53 Å². The molecule has 2 aromatic carbocycles. The van der Waals surface area contributed by atoms with Gasteiger partial charge < -0.3 is 10.5 Å². The van der Waals surface area contributed by atoms with Crippen LogP contribution < -0.4 is 21.7 Å². The highest BCUT2D eigenvalue weighted by Gasteiger charge is 2.14. The normalized spacial score (nSPS) is 12.2. The summed E-state index contributed by atoms with van der Waals surface area (Å²) in [5, 5.41) is 2.02. The summed E-state index contributed by atoms with van der Waals surface area (Å²) < 4.78 is 5.15. The van der Waals surface area contributed by atoms with Crippen molar-refractivity contribution in [3.05, 3.63) is 42.0 Å². The molecule has 5 nitrogen and oxygen atoms in total. The van der Waals surface area contributed by atoms with E-state index in [2.05, 4.69) is 0 Å². The van der Waals surface area contributed by atoms with E-state index in [0.29, 0.717) is 0 Å². The molecule has 0 heterocycles. The zero-order valence-corrected chi connectivity index (χ0v) is 10.0. The summed E-state index contributed by atoms with van der Waals surface area (Å²) in [5.41, 5.74) is 8.54. The molecule has 2 aromatic rings. The molecule has 0 bridgehead atoms. The van der Waals surface area contributed by atoms with E-state index in [1.165, 1.54) is 0 Å². The van der Waals surface area contributed by atoms with Crippen LogP contribution >= 0.6 is 0 Å². The molecule has 0 aliphatic rings. The Morgan fingerprint density at radius 1 is 1.22 bits per heavy atom. The number of rotatable bonds is 3. The van der Waals surface area contributed by atoms with Crippen LogP contribution in [0.4, 0.5) is 0 Å². The van der Waals surface area contributed by atoms with E-state index < -0.39 is 11.9 Å². The second kappa shape index (κ2) is 5.03. The molecule has 0 radical (unpaired) electrons. The molecular formula is C13H15N3O2. The highest BCUT2D eigenvalue weighted by atomic mass is 16.5. The fourth-order valence-corrected chi connectivity index (χ4v) is 1.80. The number of carbonyl (C=O) groups is 1. The zero-order chi connectivity index (χ0) is 13.1. The SMILES string of the molecule is COc1ccc2cc(C(N)C(=O)NN)ccc2c1. The van der Waals surface area contributed by atoms with E-state index in [1.807, 2.05) is 41.8 Å². The molecule has 0 saturated heterocycles. The minimum Gasteiger partial charge on any atom is -0.497 e. The van der Waals surface area contributed by atoms with Gasteiger partial charge in [-0.25, -0.2) is 5.84 Å². The van der Waals surface area contributed by atoms with Gasteiger partial charge in [0, 0.05) is 0 Å². The number of benzene rings is 2. The molecule has 0 aromatic heterocycles. The summed E-state index contributed by atoms with van der Waals surface area (Å²) in [4.78, 5) is 11.4. The number of fused-ring (bicyclic) bond motifs is 1. The van der Waals surface area contributed by atoms with Gasteiger partial charge >= 0.3 is 0 Å². The molecule has 5 N–H and O–H groups in total. The van der Waals surface area contributed by atoms with Crippen molar-refractivity contribution in [2.75, 3.05) is 7.11 Å². The summed E-state index contributed by atoms with van der Waals surface area (Å²) >= 11 is 0. The Balaban J connectivity index is 2.42. The molecule has 0 saturated carbocycles. The topological polar surface area (TPSA) is 90.4 Å². The van der Waals surface area contributed by atoms with Crippen molar-refractivity contribution in [1.29, 1.82) is 0 Å². The number of nitrogens with one attached hydrogen (secondary N) is 1. The van der Waals surface area contributed by atoms with Gasteiger partial charge in [-0.3, -0.25) is 10.2 Å². The van der Waals surface area contributed by atoms with Crippen molar-refractivity contribution >= 4 is 16.7 Å². The first-order chi connectivity index (χ1) is 8.65. The summed E-state index contributed by atoms with van der Waals surface area (Å²) in [7, 11) is 1.62. The van der Waals surface area contributed by atoms with Crippen molar-refractivity contribution in [3.63, 3.8) is 0 Å². The minimum absolute atomic E-state index is 0.414. The number of hydrogen-bond donors (Lipinski definition) is 3. The Bertz CT molecular complexity index is 583. The van der Waals surface area contributed by atoms with Gasteiger partial charge in [0.25, 0.3) is 5.91 Å². The molecule has 0 aliphatic carbocycles. The summed E-state index contributed by atoms with van der Waals surface area (Å²) in [6, 6.07) is 10.5. The molecule has 0 spiro atoms. The Morgan fingerprint density at radius 2 is 1.89 bits per heavy atom. The lowest BCUT2D eigenvalue weighted by atomic mass is 10.0. The third-order valence-corrected chi connectivity index (χ3v) is 2.86. The lowest BCUT2D eigenvalue weighted by Gasteiger charge is -2.11. The summed E-state index contributed by atoms with van der Waals surface area (Å²) in [5.74, 6) is 5.44. The van der Waals surface area contributed by atoms with E-state index >= 15 is 0 Å². The second-order valence-electron chi connectivity index (χ2n) is 3.96. The Kier molecular flexibility index (Phi) is 3.45. The van der Waals surface area contributed by atoms with Crippen LogP contribution in [0.2, 0.25) is 0 Å². The van der Waals surface area contributed by atoms with Gasteiger partial charge in [0.1, 0.15) is 11.8 Å². The standard InChI is InChI=1S/C13H15N3O2/c1-18-11-5-4-8-6-10(3-2-9(8)7-11)12(14)13(17)16-15/h2-7,12H,14-15H2,1H3,(H,16,17). The number of ether oxygens (including phenoxy) is 1. The van der Waals surface area contributed by atoms with Crippen molar-refractivity contribution in [3.8, 4) is 5.75 Å². The van der Waals surface area contributed by atoms with Crippen LogP contribution in [0.15, 0.2) is 36.4 Å². The molecule has 94 valence electrons. The first-order valence-electron chi connectivity index (χ1n) is 5.49. The highest BCUT2D eigenvalue weighted by Crippen LogP contribution is 2.23. The average Bonchev–Trinajstić information content (AvgIpc) is 2.44. The maximum atomic E-state index is 11.4. The van der Waals surface area contributed by atoms with Crippen molar-refractivity contribution in [2.24, 2.45) is 11.6 Å². The zero-order valence-electron chi connectivity index (χ0n) is 10.0. The number of hydrogen-bond acceptors (Lipinski definition) is 4. The van der Waals surface area contributed by atoms with Crippen LogP contribution in [0.25, 0.3) is 10.8 Å². The van der Waals surface area contributed by atoms with Gasteiger partial charge in [-0.2, -0.15) is 0 Å². The third kappa shape index (κ3) is 2.27. The quantitative estimate of drug-likeness (QED) is 0.424. The molecule has 5 heteroatoms. The maximum Gasteiger partial charge on any atom is 0.255 e. The molecule has 0 fully saturated rings. The molecule has 0 aliphatic heterocycles. The first kappa shape index (κ1) is 12.3. The van der Waals surface area contributed by atoms with E-state index in [4.69, 9.17) is 16.3 Å². The van der Waals surface area contributed by atoms with Crippen LogP contribution in [0, 0.1) is 0 Å². The van der Waals surface area contributed by atoms with Gasteiger partial charge in [-0.1, -0.05) is 18.2 Å². The lowest BCUT2D eigenvalue weighted by Crippen LogP contribution is -2.38. The predicted octanol–water partition coefficient (Wildman–Crippen LogP) is 0.838. The largest absolute Gasteiger partial charge is 0.497 e. The van der Waals surface area contributed by atoms with Gasteiger partial charge in [-0.15, -0.1) is 0 Å². The maximum absolute atomic E-state index is 11.4. The Labute approximate surface area is 105 Å². The predicted molar refractivity (Wildman–Crippen MR) is 69.8 cm³/mol. The van der Waals surface area contributed by atoms with E-state index in [-0.39, 0.29) is 0 Å². The number of methoxy groups -OCH3 is 1. The van der Waals surface area contributed by atoms with Crippen molar-refractivity contribution in [2.45, 2.75) is 6.04 Å². The van der Waals surface area contributed by atoms with Crippen LogP contribution in [-0.4, -0.2) is 13.0 Å². The fraction of sp³-hybridized carbons (Fsp3) is 0.154. The average molecular weight is 245 g/mol. The molecule has 1 amide bonds. The van der Waals surface area contributed by atoms with Crippen molar-refractivity contribution in [1.82, 2.24) is 5.43 Å². The smallest absolute Gasteiger partial charge is 0.255 e.